The maximum absolute atomic E-state index is 13.2. The van der Waals surface area contributed by atoms with Gasteiger partial charge in [0.05, 0.1) is 13.7 Å². The Hall–Kier alpha value is -1.94. The molecule has 0 unspecified atom stereocenters. The molecule has 0 bridgehead atoms. The zero-order valence-corrected chi connectivity index (χ0v) is 9.35. The van der Waals surface area contributed by atoms with Crippen molar-refractivity contribution in [3.63, 3.8) is 0 Å². The normalized spacial score (nSPS) is 10.3. The molecule has 2 aromatic rings. The fraction of sp³-hybridized carbons (Fsp3) is 0.154. The quantitative estimate of drug-likeness (QED) is 0.885. The van der Waals surface area contributed by atoms with Crippen LogP contribution in [0.1, 0.15) is 5.56 Å². The molecule has 0 aliphatic heterocycles. The van der Waals surface area contributed by atoms with E-state index in [2.05, 4.69) is 4.98 Å². The molecular formula is C13H12FNO2. The summed E-state index contributed by atoms with van der Waals surface area (Å²) in [4.78, 5) is 4.07. The third-order valence-corrected chi connectivity index (χ3v) is 2.42. The number of pyridine rings is 1. The highest BCUT2D eigenvalue weighted by molar-refractivity contribution is 5.69. The second-order valence-corrected chi connectivity index (χ2v) is 3.57. The molecule has 0 aliphatic carbocycles. The van der Waals surface area contributed by atoms with Crippen LogP contribution in [0, 0.1) is 5.82 Å². The number of nitrogens with zero attached hydrogens (tertiary/aromatic N) is 1. The standard InChI is InChI=1S/C13H12FNO2/c1-17-13-12(5-9(8-16)7-15-13)10-3-2-4-11(14)6-10/h2-7,16H,8H2,1H3. The Bertz CT molecular complexity index is 529. The van der Waals surface area contributed by atoms with Gasteiger partial charge in [0.15, 0.2) is 0 Å². The van der Waals surface area contributed by atoms with Crippen LogP contribution in [0.4, 0.5) is 4.39 Å². The molecule has 0 radical (unpaired) electrons. The summed E-state index contributed by atoms with van der Waals surface area (Å²) in [6, 6.07) is 7.90. The number of hydrogen-bond donors (Lipinski definition) is 1. The third kappa shape index (κ3) is 2.42. The van der Waals surface area contributed by atoms with Gasteiger partial charge in [0.2, 0.25) is 5.88 Å². The Labute approximate surface area is 98.5 Å². The van der Waals surface area contributed by atoms with E-state index in [4.69, 9.17) is 9.84 Å². The van der Waals surface area contributed by atoms with Crippen LogP contribution in [0.5, 0.6) is 5.88 Å². The van der Waals surface area contributed by atoms with E-state index < -0.39 is 0 Å². The second-order valence-electron chi connectivity index (χ2n) is 3.57. The SMILES string of the molecule is COc1ncc(CO)cc1-c1cccc(F)c1. The lowest BCUT2D eigenvalue weighted by Crippen LogP contribution is -1.94. The molecular weight excluding hydrogens is 221 g/mol. The fourth-order valence-corrected chi connectivity index (χ4v) is 1.61. The highest BCUT2D eigenvalue weighted by Gasteiger charge is 2.09. The second kappa shape index (κ2) is 4.93. The van der Waals surface area contributed by atoms with Gasteiger partial charge in [-0.15, -0.1) is 0 Å². The summed E-state index contributed by atoms with van der Waals surface area (Å²) in [7, 11) is 1.50. The molecule has 0 amide bonds. The summed E-state index contributed by atoms with van der Waals surface area (Å²) in [5, 5.41) is 9.07. The van der Waals surface area contributed by atoms with Crippen molar-refractivity contribution in [1.29, 1.82) is 0 Å². The van der Waals surface area contributed by atoms with Gasteiger partial charge in [-0.25, -0.2) is 9.37 Å². The average molecular weight is 233 g/mol. The minimum Gasteiger partial charge on any atom is -0.481 e. The van der Waals surface area contributed by atoms with Crippen LogP contribution in [0.15, 0.2) is 36.5 Å². The van der Waals surface area contributed by atoms with Gasteiger partial charge in [-0.3, -0.25) is 0 Å². The first-order valence-corrected chi connectivity index (χ1v) is 5.14. The van der Waals surface area contributed by atoms with Gasteiger partial charge in [0, 0.05) is 11.8 Å². The number of benzene rings is 1. The van der Waals surface area contributed by atoms with Gasteiger partial charge in [0.25, 0.3) is 0 Å². The van der Waals surface area contributed by atoms with Crippen molar-refractivity contribution in [1.82, 2.24) is 4.98 Å². The van der Waals surface area contributed by atoms with Crippen molar-refractivity contribution >= 4 is 0 Å². The van der Waals surface area contributed by atoms with E-state index in [1.165, 1.54) is 25.4 Å². The van der Waals surface area contributed by atoms with Crippen LogP contribution in [0.2, 0.25) is 0 Å². The lowest BCUT2D eigenvalue weighted by molar-refractivity contribution is 0.281. The molecule has 0 aliphatic rings. The maximum atomic E-state index is 13.2. The Morgan fingerprint density at radius 2 is 2.18 bits per heavy atom. The van der Waals surface area contributed by atoms with Crippen molar-refractivity contribution in [2.75, 3.05) is 7.11 Å². The molecule has 0 fully saturated rings. The van der Waals surface area contributed by atoms with E-state index in [1.54, 1.807) is 18.2 Å². The van der Waals surface area contributed by atoms with Crippen LogP contribution >= 0.6 is 0 Å². The molecule has 0 saturated heterocycles. The predicted molar refractivity (Wildman–Crippen MR) is 62.1 cm³/mol. The van der Waals surface area contributed by atoms with Crippen LogP contribution in [-0.4, -0.2) is 17.2 Å². The summed E-state index contributed by atoms with van der Waals surface area (Å²) < 4.78 is 18.3. The molecule has 0 atom stereocenters. The molecule has 2 rings (SSSR count). The summed E-state index contributed by atoms with van der Waals surface area (Å²) in [5.74, 6) is 0.0896. The largest absolute Gasteiger partial charge is 0.481 e. The van der Waals surface area contributed by atoms with E-state index >= 15 is 0 Å². The number of methoxy groups -OCH3 is 1. The first-order chi connectivity index (χ1) is 8.24. The molecule has 17 heavy (non-hydrogen) atoms. The average Bonchev–Trinajstić information content (AvgIpc) is 2.38. The van der Waals surface area contributed by atoms with E-state index in [1.807, 2.05) is 0 Å². The van der Waals surface area contributed by atoms with Crippen molar-refractivity contribution in [2.45, 2.75) is 6.61 Å². The molecule has 0 saturated carbocycles. The molecule has 1 aromatic carbocycles. The minimum atomic E-state index is -0.320. The Kier molecular flexibility index (Phi) is 3.35. The van der Waals surface area contributed by atoms with E-state index in [0.717, 1.165) is 0 Å². The molecule has 1 N–H and O–H groups in total. The zero-order chi connectivity index (χ0) is 12.3. The molecule has 1 heterocycles. The molecule has 4 heteroatoms. The molecule has 1 aromatic heterocycles. The number of aromatic nitrogens is 1. The number of halogens is 1. The third-order valence-electron chi connectivity index (χ3n) is 2.42. The summed E-state index contributed by atoms with van der Waals surface area (Å²) >= 11 is 0. The van der Waals surface area contributed by atoms with Gasteiger partial charge in [-0.05, 0) is 29.3 Å². The number of ether oxygens (including phenoxy) is 1. The fourth-order valence-electron chi connectivity index (χ4n) is 1.61. The Morgan fingerprint density at radius 1 is 1.35 bits per heavy atom. The van der Waals surface area contributed by atoms with Crippen molar-refractivity contribution < 1.29 is 14.2 Å². The van der Waals surface area contributed by atoms with Crippen molar-refractivity contribution in [3.8, 4) is 17.0 Å². The summed E-state index contributed by atoms with van der Waals surface area (Å²) in [5.41, 5.74) is 1.99. The predicted octanol–water partition coefficient (Wildman–Crippen LogP) is 2.39. The smallest absolute Gasteiger partial charge is 0.221 e. The highest BCUT2D eigenvalue weighted by atomic mass is 19.1. The van der Waals surface area contributed by atoms with E-state index in [0.29, 0.717) is 22.6 Å². The van der Waals surface area contributed by atoms with E-state index in [9.17, 15) is 4.39 Å². The number of aliphatic hydroxyl groups excluding tert-OH is 1. The van der Waals surface area contributed by atoms with Gasteiger partial charge >= 0.3 is 0 Å². The van der Waals surface area contributed by atoms with Crippen LogP contribution in [0.25, 0.3) is 11.1 Å². The highest BCUT2D eigenvalue weighted by Crippen LogP contribution is 2.29. The minimum absolute atomic E-state index is 0.112. The van der Waals surface area contributed by atoms with Crippen LogP contribution in [-0.2, 0) is 6.61 Å². The lowest BCUT2D eigenvalue weighted by Gasteiger charge is -2.09. The van der Waals surface area contributed by atoms with Gasteiger partial charge in [-0.2, -0.15) is 0 Å². The van der Waals surface area contributed by atoms with E-state index in [-0.39, 0.29) is 12.4 Å². The maximum Gasteiger partial charge on any atom is 0.221 e. The number of aliphatic hydroxyl groups is 1. The Balaban J connectivity index is 2.56. The zero-order valence-electron chi connectivity index (χ0n) is 9.35. The topological polar surface area (TPSA) is 42.4 Å². The van der Waals surface area contributed by atoms with Crippen LogP contribution in [0.3, 0.4) is 0 Å². The lowest BCUT2D eigenvalue weighted by atomic mass is 10.1. The number of rotatable bonds is 3. The molecule has 3 nitrogen and oxygen atoms in total. The summed E-state index contributed by atoms with van der Waals surface area (Å²) in [6.07, 6.45) is 1.53. The number of hydrogen-bond acceptors (Lipinski definition) is 3. The van der Waals surface area contributed by atoms with Crippen molar-refractivity contribution in [3.05, 3.63) is 47.9 Å². The monoisotopic (exact) mass is 233 g/mol. The van der Waals surface area contributed by atoms with Crippen molar-refractivity contribution in [2.24, 2.45) is 0 Å². The van der Waals surface area contributed by atoms with Crippen LogP contribution < -0.4 is 4.74 Å². The van der Waals surface area contributed by atoms with Gasteiger partial charge in [0.1, 0.15) is 5.82 Å². The molecule has 0 spiro atoms. The summed E-state index contributed by atoms with van der Waals surface area (Å²) in [6.45, 7) is -0.112. The van der Waals surface area contributed by atoms with Gasteiger partial charge in [-0.1, -0.05) is 12.1 Å². The first kappa shape index (κ1) is 11.5. The molecule has 88 valence electrons. The van der Waals surface area contributed by atoms with Gasteiger partial charge < -0.3 is 9.84 Å². The first-order valence-electron chi connectivity index (χ1n) is 5.14. The Morgan fingerprint density at radius 3 is 2.82 bits per heavy atom.